The smallest absolute Gasteiger partial charge is 0.164 e. The first kappa shape index (κ1) is 11.8. The van der Waals surface area contributed by atoms with Crippen LogP contribution in [-0.2, 0) is 6.42 Å². The maximum Gasteiger partial charge on any atom is 0.164 e. The summed E-state index contributed by atoms with van der Waals surface area (Å²) in [6, 6.07) is 4.30. The molecule has 0 N–H and O–H groups in total. The summed E-state index contributed by atoms with van der Waals surface area (Å²) >= 11 is 0. The summed E-state index contributed by atoms with van der Waals surface area (Å²) in [5.41, 5.74) is 2.85. The van der Waals surface area contributed by atoms with Crippen LogP contribution in [0, 0.1) is 5.92 Å². The van der Waals surface area contributed by atoms with Crippen LogP contribution in [0.4, 0.5) is 0 Å². The summed E-state index contributed by atoms with van der Waals surface area (Å²) in [7, 11) is 5.67. The SMILES string of the molecule is COc1ccc2c(c1OC)CC[C@H]1CN(C)C[C@H]21. The second kappa shape index (κ2) is 4.47. The normalized spacial score (nSPS) is 26.6. The molecular formula is C15H21NO2. The van der Waals surface area contributed by atoms with Crippen LogP contribution in [0.3, 0.4) is 0 Å². The summed E-state index contributed by atoms with van der Waals surface area (Å²) in [4.78, 5) is 2.45. The van der Waals surface area contributed by atoms with E-state index in [0.717, 1.165) is 23.8 Å². The maximum atomic E-state index is 5.57. The standard InChI is InChI=1S/C15H21NO2/c1-16-8-10-4-5-12-11(13(10)9-16)6-7-14(17-2)15(12)18-3/h6-7,10,13H,4-5,8-9H2,1-3H3/t10-,13-/m0/s1. The second-order valence-electron chi connectivity index (χ2n) is 5.50. The van der Waals surface area contributed by atoms with Crippen molar-refractivity contribution in [1.82, 2.24) is 4.90 Å². The number of methoxy groups -OCH3 is 2. The fourth-order valence-corrected chi connectivity index (χ4v) is 3.67. The van der Waals surface area contributed by atoms with Crippen molar-refractivity contribution < 1.29 is 9.47 Å². The van der Waals surface area contributed by atoms with Crippen molar-refractivity contribution in [3.05, 3.63) is 23.3 Å². The molecular weight excluding hydrogens is 226 g/mol. The quantitative estimate of drug-likeness (QED) is 0.800. The molecule has 1 saturated heterocycles. The summed E-state index contributed by atoms with van der Waals surface area (Å²) in [5.74, 6) is 3.31. The van der Waals surface area contributed by atoms with Gasteiger partial charge in [0.1, 0.15) is 0 Å². The predicted molar refractivity (Wildman–Crippen MR) is 71.6 cm³/mol. The number of hydrogen-bond acceptors (Lipinski definition) is 3. The number of fused-ring (bicyclic) bond motifs is 3. The van der Waals surface area contributed by atoms with Gasteiger partial charge in [0.15, 0.2) is 11.5 Å². The van der Waals surface area contributed by atoms with E-state index in [9.17, 15) is 0 Å². The van der Waals surface area contributed by atoms with Crippen LogP contribution < -0.4 is 9.47 Å². The van der Waals surface area contributed by atoms with Gasteiger partial charge in [-0.05, 0) is 37.4 Å². The predicted octanol–water partition coefficient (Wildman–Crippen LogP) is 2.30. The van der Waals surface area contributed by atoms with Gasteiger partial charge in [0.2, 0.25) is 0 Å². The van der Waals surface area contributed by atoms with Gasteiger partial charge in [-0.3, -0.25) is 0 Å². The maximum absolute atomic E-state index is 5.57. The highest BCUT2D eigenvalue weighted by atomic mass is 16.5. The van der Waals surface area contributed by atoms with Gasteiger partial charge in [0.25, 0.3) is 0 Å². The Morgan fingerprint density at radius 3 is 2.72 bits per heavy atom. The van der Waals surface area contributed by atoms with Gasteiger partial charge in [-0.1, -0.05) is 6.07 Å². The molecule has 0 bridgehead atoms. The van der Waals surface area contributed by atoms with E-state index >= 15 is 0 Å². The Labute approximate surface area is 109 Å². The minimum atomic E-state index is 0.679. The highest BCUT2D eigenvalue weighted by Gasteiger charge is 2.37. The first-order valence-electron chi connectivity index (χ1n) is 6.67. The average molecular weight is 247 g/mol. The Bertz CT molecular complexity index is 458. The lowest BCUT2D eigenvalue weighted by atomic mass is 9.76. The average Bonchev–Trinajstić information content (AvgIpc) is 2.77. The first-order chi connectivity index (χ1) is 8.74. The molecule has 0 saturated carbocycles. The molecule has 1 aromatic carbocycles. The highest BCUT2D eigenvalue weighted by Crippen LogP contribution is 2.46. The molecule has 2 aliphatic rings. The van der Waals surface area contributed by atoms with Crippen LogP contribution in [0.2, 0.25) is 0 Å². The lowest BCUT2D eigenvalue weighted by Gasteiger charge is -2.29. The van der Waals surface area contributed by atoms with E-state index in [4.69, 9.17) is 9.47 Å². The Morgan fingerprint density at radius 2 is 2.00 bits per heavy atom. The Hall–Kier alpha value is -1.22. The van der Waals surface area contributed by atoms with Crippen molar-refractivity contribution in [2.45, 2.75) is 18.8 Å². The van der Waals surface area contributed by atoms with E-state index in [0.29, 0.717) is 5.92 Å². The number of hydrogen-bond donors (Lipinski definition) is 0. The minimum absolute atomic E-state index is 0.679. The van der Waals surface area contributed by atoms with Crippen molar-refractivity contribution in [1.29, 1.82) is 0 Å². The molecule has 0 spiro atoms. The monoisotopic (exact) mass is 247 g/mol. The molecule has 1 aromatic rings. The molecule has 1 aliphatic carbocycles. The Morgan fingerprint density at radius 1 is 1.17 bits per heavy atom. The molecule has 3 nitrogen and oxygen atoms in total. The van der Waals surface area contributed by atoms with Gasteiger partial charge in [-0.25, -0.2) is 0 Å². The van der Waals surface area contributed by atoms with Gasteiger partial charge < -0.3 is 14.4 Å². The largest absolute Gasteiger partial charge is 0.493 e. The van der Waals surface area contributed by atoms with Crippen LogP contribution in [0.15, 0.2) is 12.1 Å². The fraction of sp³-hybridized carbons (Fsp3) is 0.600. The minimum Gasteiger partial charge on any atom is -0.493 e. The van der Waals surface area contributed by atoms with E-state index in [1.54, 1.807) is 14.2 Å². The van der Waals surface area contributed by atoms with Crippen LogP contribution in [0.1, 0.15) is 23.5 Å². The van der Waals surface area contributed by atoms with Gasteiger partial charge in [0.05, 0.1) is 14.2 Å². The van der Waals surface area contributed by atoms with Crippen LogP contribution in [0.5, 0.6) is 11.5 Å². The number of nitrogens with zero attached hydrogens (tertiary/aromatic N) is 1. The van der Waals surface area contributed by atoms with E-state index in [2.05, 4.69) is 24.1 Å². The van der Waals surface area contributed by atoms with Crippen molar-refractivity contribution in [3.63, 3.8) is 0 Å². The third kappa shape index (κ3) is 1.69. The third-order valence-electron chi connectivity index (χ3n) is 4.47. The molecule has 0 unspecified atom stereocenters. The lowest BCUT2D eigenvalue weighted by Crippen LogP contribution is -2.19. The van der Waals surface area contributed by atoms with Crippen molar-refractivity contribution in [2.75, 3.05) is 34.4 Å². The summed E-state index contributed by atoms with van der Waals surface area (Å²) in [6.07, 6.45) is 2.39. The Balaban J connectivity index is 2.06. The molecule has 98 valence electrons. The molecule has 1 fully saturated rings. The molecule has 3 heteroatoms. The molecule has 0 amide bonds. The first-order valence-corrected chi connectivity index (χ1v) is 6.67. The van der Waals surface area contributed by atoms with E-state index in [-0.39, 0.29) is 0 Å². The van der Waals surface area contributed by atoms with E-state index in [1.807, 2.05) is 0 Å². The molecule has 0 radical (unpaired) electrons. The molecule has 0 aromatic heterocycles. The Kier molecular flexibility index (Phi) is 2.94. The number of likely N-dealkylation sites (N-methyl/N-ethyl adjacent to an activating group) is 1. The van der Waals surface area contributed by atoms with E-state index in [1.165, 1.54) is 30.6 Å². The molecule has 18 heavy (non-hydrogen) atoms. The molecule has 1 heterocycles. The zero-order valence-electron chi connectivity index (χ0n) is 11.4. The zero-order valence-corrected chi connectivity index (χ0v) is 11.4. The highest BCUT2D eigenvalue weighted by molar-refractivity contribution is 5.53. The number of rotatable bonds is 2. The summed E-state index contributed by atoms with van der Waals surface area (Å²) in [6.45, 7) is 2.41. The molecule has 2 atom stereocenters. The van der Waals surface area contributed by atoms with Crippen molar-refractivity contribution in [2.24, 2.45) is 5.92 Å². The van der Waals surface area contributed by atoms with Crippen molar-refractivity contribution in [3.8, 4) is 11.5 Å². The number of benzene rings is 1. The molecule has 1 aliphatic heterocycles. The topological polar surface area (TPSA) is 21.7 Å². The van der Waals surface area contributed by atoms with Gasteiger partial charge in [0, 0.05) is 24.6 Å². The second-order valence-corrected chi connectivity index (χ2v) is 5.50. The summed E-state index contributed by atoms with van der Waals surface area (Å²) in [5, 5.41) is 0. The van der Waals surface area contributed by atoms with Crippen LogP contribution in [-0.4, -0.2) is 39.3 Å². The summed E-state index contributed by atoms with van der Waals surface area (Å²) < 4.78 is 11.0. The van der Waals surface area contributed by atoms with Crippen LogP contribution in [0.25, 0.3) is 0 Å². The number of likely N-dealkylation sites (tertiary alicyclic amines) is 1. The molecule has 3 rings (SSSR count). The van der Waals surface area contributed by atoms with Gasteiger partial charge in [-0.15, -0.1) is 0 Å². The van der Waals surface area contributed by atoms with Crippen LogP contribution >= 0.6 is 0 Å². The van der Waals surface area contributed by atoms with Gasteiger partial charge >= 0.3 is 0 Å². The number of ether oxygens (including phenoxy) is 2. The zero-order chi connectivity index (χ0) is 12.7. The van der Waals surface area contributed by atoms with E-state index < -0.39 is 0 Å². The third-order valence-corrected chi connectivity index (χ3v) is 4.47. The fourth-order valence-electron chi connectivity index (χ4n) is 3.67. The van der Waals surface area contributed by atoms with Gasteiger partial charge in [-0.2, -0.15) is 0 Å². The lowest BCUT2D eigenvalue weighted by molar-refractivity contribution is 0.343. The van der Waals surface area contributed by atoms with Crippen molar-refractivity contribution >= 4 is 0 Å².